The predicted octanol–water partition coefficient (Wildman–Crippen LogP) is 3.15. The number of aryl methyl sites for hydroxylation is 1. The van der Waals surface area contributed by atoms with Gasteiger partial charge in [-0.3, -0.25) is 4.72 Å². The molecule has 0 aliphatic heterocycles. The highest BCUT2D eigenvalue weighted by atomic mass is 32.2. The number of nitrogens with one attached hydrogen (secondary N) is 2. The molecule has 0 amide bonds. The lowest BCUT2D eigenvalue weighted by Crippen LogP contribution is -2.16. The van der Waals surface area contributed by atoms with Crippen LogP contribution in [0.2, 0.25) is 0 Å². The Morgan fingerprint density at radius 1 is 1.14 bits per heavy atom. The van der Waals surface area contributed by atoms with E-state index in [1.54, 1.807) is 12.1 Å². The molecule has 0 saturated carbocycles. The van der Waals surface area contributed by atoms with Crippen LogP contribution >= 0.6 is 0 Å². The van der Waals surface area contributed by atoms with Crippen LogP contribution in [-0.2, 0) is 16.6 Å². The van der Waals surface area contributed by atoms with Crippen LogP contribution in [-0.4, -0.2) is 19.2 Å². The van der Waals surface area contributed by atoms with E-state index in [1.165, 1.54) is 17.3 Å². The Bertz CT molecular complexity index is 712. The SMILES string of the molecule is CCCS(=O)(=O)Nc1ccc(NCc2ccccc2C)nc1. The zero-order chi connectivity index (χ0) is 16.0. The first kappa shape index (κ1) is 16.3. The molecule has 2 rings (SSSR count). The molecule has 118 valence electrons. The summed E-state index contributed by atoms with van der Waals surface area (Å²) in [7, 11) is -3.27. The van der Waals surface area contributed by atoms with Gasteiger partial charge in [0.1, 0.15) is 5.82 Å². The second-order valence-electron chi connectivity index (χ2n) is 5.13. The molecule has 0 bridgehead atoms. The van der Waals surface area contributed by atoms with Gasteiger partial charge in [0.05, 0.1) is 17.6 Å². The fourth-order valence-corrected chi connectivity index (χ4v) is 3.17. The highest BCUT2D eigenvalue weighted by Crippen LogP contribution is 2.14. The smallest absolute Gasteiger partial charge is 0.232 e. The number of pyridine rings is 1. The third kappa shape index (κ3) is 4.73. The zero-order valence-electron chi connectivity index (χ0n) is 12.8. The molecule has 0 fully saturated rings. The van der Waals surface area contributed by atoms with Gasteiger partial charge in [-0.1, -0.05) is 31.2 Å². The molecule has 0 saturated heterocycles. The Morgan fingerprint density at radius 2 is 1.91 bits per heavy atom. The average molecular weight is 319 g/mol. The molecular formula is C16H21N3O2S. The predicted molar refractivity (Wildman–Crippen MR) is 90.4 cm³/mol. The summed E-state index contributed by atoms with van der Waals surface area (Å²) in [5.41, 5.74) is 2.91. The minimum absolute atomic E-state index is 0.111. The molecule has 0 aliphatic rings. The Balaban J connectivity index is 1.96. The molecule has 6 heteroatoms. The van der Waals surface area contributed by atoms with Crippen LogP contribution in [0.4, 0.5) is 11.5 Å². The van der Waals surface area contributed by atoms with E-state index in [0.717, 1.165) is 0 Å². The number of sulfonamides is 1. The van der Waals surface area contributed by atoms with Crippen molar-refractivity contribution in [1.29, 1.82) is 0 Å². The van der Waals surface area contributed by atoms with Crippen molar-refractivity contribution >= 4 is 21.5 Å². The van der Waals surface area contributed by atoms with Crippen molar-refractivity contribution in [2.75, 3.05) is 15.8 Å². The van der Waals surface area contributed by atoms with Gasteiger partial charge in [-0.2, -0.15) is 0 Å². The molecule has 2 N–H and O–H groups in total. The lowest BCUT2D eigenvalue weighted by atomic mass is 10.1. The first-order valence-corrected chi connectivity index (χ1v) is 8.90. The summed E-state index contributed by atoms with van der Waals surface area (Å²) in [4.78, 5) is 4.23. The molecule has 1 aromatic carbocycles. The third-order valence-corrected chi connectivity index (χ3v) is 4.72. The summed E-state index contributed by atoms with van der Waals surface area (Å²) in [6.45, 7) is 4.58. The Hall–Kier alpha value is -2.08. The van der Waals surface area contributed by atoms with Crippen LogP contribution in [0, 0.1) is 6.92 Å². The second kappa shape index (κ2) is 7.26. The molecule has 5 nitrogen and oxygen atoms in total. The van der Waals surface area contributed by atoms with Crippen molar-refractivity contribution in [2.45, 2.75) is 26.8 Å². The largest absolute Gasteiger partial charge is 0.366 e. The summed E-state index contributed by atoms with van der Waals surface area (Å²) < 4.78 is 25.9. The van der Waals surface area contributed by atoms with Crippen LogP contribution in [0.3, 0.4) is 0 Å². The maximum absolute atomic E-state index is 11.7. The van der Waals surface area contributed by atoms with Gasteiger partial charge in [0.15, 0.2) is 0 Å². The van der Waals surface area contributed by atoms with E-state index in [1.807, 2.05) is 19.1 Å². The number of aromatic nitrogens is 1. The fourth-order valence-electron chi connectivity index (χ4n) is 2.05. The van der Waals surface area contributed by atoms with Crippen molar-refractivity contribution in [3.63, 3.8) is 0 Å². The van der Waals surface area contributed by atoms with Crippen LogP contribution in [0.25, 0.3) is 0 Å². The first-order chi connectivity index (χ1) is 10.5. The van der Waals surface area contributed by atoms with Gasteiger partial charge >= 0.3 is 0 Å². The van der Waals surface area contributed by atoms with Crippen molar-refractivity contribution in [3.8, 4) is 0 Å². The summed E-state index contributed by atoms with van der Waals surface area (Å²) in [6, 6.07) is 11.6. The average Bonchev–Trinajstić information content (AvgIpc) is 2.47. The number of hydrogen-bond acceptors (Lipinski definition) is 4. The van der Waals surface area contributed by atoms with Gasteiger partial charge in [0.2, 0.25) is 10.0 Å². The molecule has 22 heavy (non-hydrogen) atoms. The minimum atomic E-state index is -3.27. The molecule has 0 atom stereocenters. The first-order valence-electron chi connectivity index (χ1n) is 7.25. The lowest BCUT2D eigenvalue weighted by molar-refractivity contribution is 0.600. The van der Waals surface area contributed by atoms with Gasteiger partial charge in [-0.05, 0) is 36.6 Å². The standard InChI is InChI=1S/C16H21N3O2S/c1-3-10-22(20,21)19-15-8-9-16(18-12-15)17-11-14-7-5-4-6-13(14)2/h4-9,12,19H,3,10-11H2,1-2H3,(H,17,18). The summed E-state index contributed by atoms with van der Waals surface area (Å²) in [6.07, 6.45) is 2.10. The highest BCUT2D eigenvalue weighted by Gasteiger charge is 2.08. The molecule has 0 unspecified atom stereocenters. The van der Waals surface area contributed by atoms with Crippen LogP contribution < -0.4 is 10.0 Å². The maximum atomic E-state index is 11.7. The second-order valence-corrected chi connectivity index (χ2v) is 6.97. The fraction of sp³-hybridized carbons (Fsp3) is 0.312. The Kier molecular flexibility index (Phi) is 5.38. The number of nitrogens with zero attached hydrogens (tertiary/aromatic N) is 1. The number of benzene rings is 1. The quantitative estimate of drug-likeness (QED) is 0.822. The van der Waals surface area contributed by atoms with Crippen molar-refractivity contribution in [3.05, 3.63) is 53.7 Å². The molecule has 1 aromatic heterocycles. The number of hydrogen-bond donors (Lipinski definition) is 2. The van der Waals surface area contributed by atoms with E-state index in [2.05, 4.69) is 34.1 Å². The van der Waals surface area contributed by atoms with E-state index in [9.17, 15) is 8.42 Å². The van der Waals surface area contributed by atoms with E-state index >= 15 is 0 Å². The monoisotopic (exact) mass is 319 g/mol. The Morgan fingerprint density at radius 3 is 2.55 bits per heavy atom. The van der Waals surface area contributed by atoms with E-state index in [0.29, 0.717) is 24.5 Å². The van der Waals surface area contributed by atoms with Crippen LogP contribution in [0.15, 0.2) is 42.6 Å². The number of rotatable bonds is 7. The molecule has 1 heterocycles. The number of anilines is 2. The molecule has 0 spiro atoms. The molecule has 0 radical (unpaired) electrons. The van der Waals surface area contributed by atoms with E-state index in [4.69, 9.17) is 0 Å². The van der Waals surface area contributed by atoms with Crippen LogP contribution in [0.5, 0.6) is 0 Å². The molecule has 2 aromatic rings. The lowest BCUT2D eigenvalue weighted by Gasteiger charge is -2.10. The highest BCUT2D eigenvalue weighted by molar-refractivity contribution is 7.92. The van der Waals surface area contributed by atoms with Gasteiger partial charge in [-0.25, -0.2) is 13.4 Å². The van der Waals surface area contributed by atoms with E-state index in [-0.39, 0.29) is 5.75 Å². The van der Waals surface area contributed by atoms with Gasteiger partial charge in [0.25, 0.3) is 0 Å². The maximum Gasteiger partial charge on any atom is 0.232 e. The summed E-state index contributed by atoms with van der Waals surface area (Å²) in [5.74, 6) is 0.821. The minimum Gasteiger partial charge on any atom is -0.366 e. The topological polar surface area (TPSA) is 71.1 Å². The van der Waals surface area contributed by atoms with Gasteiger partial charge in [-0.15, -0.1) is 0 Å². The van der Waals surface area contributed by atoms with Crippen LogP contribution in [0.1, 0.15) is 24.5 Å². The van der Waals surface area contributed by atoms with Crippen molar-refractivity contribution < 1.29 is 8.42 Å². The van der Waals surface area contributed by atoms with Crippen molar-refractivity contribution in [2.24, 2.45) is 0 Å². The van der Waals surface area contributed by atoms with Gasteiger partial charge < -0.3 is 5.32 Å². The molecule has 0 aliphatic carbocycles. The third-order valence-electron chi connectivity index (χ3n) is 3.23. The van der Waals surface area contributed by atoms with E-state index < -0.39 is 10.0 Å². The summed E-state index contributed by atoms with van der Waals surface area (Å²) >= 11 is 0. The molecular weight excluding hydrogens is 298 g/mol. The van der Waals surface area contributed by atoms with Gasteiger partial charge in [0, 0.05) is 6.54 Å². The Labute approximate surface area is 131 Å². The zero-order valence-corrected chi connectivity index (χ0v) is 13.7. The normalized spacial score (nSPS) is 11.2. The van der Waals surface area contributed by atoms with Crippen molar-refractivity contribution in [1.82, 2.24) is 4.98 Å². The summed E-state index contributed by atoms with van der Waals surface area (Å²) in [5, 5.41) is 3.23.